The number of carbonyl (C=O) groups excluding carboxylic acids is 1. The summed E-state index contributed by atoms with van der Waals surface area (Å²) in [7, 11) is 0. The van der Waals surface area contributed by atoms with E-state index >= 15 is 0 Å². The predicted molar refractivity (Wildman–Crippen MR) is 56.3 cm³/mol. The van der Waals surface area contributed by atoms with E-state index in [2.05, 4.69) is 0 Å². The highest BCUT2D eigenvalue weighted by Crippen LogP contribution is 2.22. The number of rotatable bonds is 7. The Morgan fingerprint density at radius 2 is 1.76 bits per heavy atom. The lowest BCUT2D eigenvalue weighted by Crippen LogP contribution is -2.51. The lowest BCUT2D eigenvalue weighted by Gasteiger charge is -2.24. The van der Waals surface area contributed by atoms with Gasteiger partial charge in [0.25, 0.3) is 5.91 Å². The SMILES string of the molecule is CCN(CC)CC(C)NC(=O)C(F)(F)C(F)F. The largest absolute Gasteiger partial charge is 0.383 e. The van der Waals surface area contributed by atoms with Crippen LogP contribution in [0.3, 0.4) is 0 Å². The van der Waals surface area contributed by atoms with Gasteiger partial charge in [0.05, 0.1) is 0 Å². The first-order chi connectivity index (χ1) is 7.75. The summed E-state index contributed by atoms with van der Waals surface area (Å²) in [5.74, 6) is -6.55. The fraction of sp³-hybridized carbons (Fsp3) is 0.900. The zero-order valence-corrected chi connectivity index (χ0v) is 10.1. The van der Waals surface area contributed by atoms with Gasteiger partial charge in [0.2, 0.25) is 0 Å². The maximum Gasteiger partial charge on any atom is 0.383 e. The molecule has 0 bridgehead atoms. The van der Waals surface area contributed by atoms with Crippen LogP contribution in [-0.2, 0) is 4.79 Å². The Bertz CT molecular complexity index is 244. The van der Waals surface area contributed by atoms with Crippen molar-refractivity contribution in [1.29, 1.82) is 0 Å². The molecule has 0 aliphatic heterocycles. The Labute approximate surface area is 98.2 Å². The van der Waals surface area contributed by atoms with E-state index < -0.39 is 24.3 Å². The van der Waals surface area contributed by atoms with E-state index in [4.69, 9.17) is 0 Å². The van der Waals surface area contributed by atoms with Crippen LogP contribution >= 0.6 is 0 Å². The van der Waals surface area contributed by atoms with E-state index in [0.29, 0.717) is 19.6 Å². The second-order valence-corrected chi connectivity index (χ2v) is 3.78. The van der Waals surface area contributed by atoms with Gasteiger partial charge in [0, 0.05) is 12.6 Å². The molecule has 3 nitrogen and oxygen atoms in total. The molecular formula is C10H18F4N2O. The molecule has 0 aromatic carbocycles. The molecule has 1 N–H and O–H groups in total. The van der Waals surface area contributed by atoms with E-state index in [-0.39, 0.29) is 0 Å². The normalized spacial score (nSPS) is 14.2. The zero-order chi connectivity index (χ0) is 13.6. The first kappa shape index (κ1) is 16.1. The van der Waals surface area contributed by atoms with Gasteiger partial charge in [-0.05, 0) is 20.0 Å². The average Bonchev–Trinajstić information content (AvgIpc) is 2.25. The van der Waals surface area contributed by atoms with Crippen LogP contribution in [0.15, 0.2) is 0 Å². The van der Waals surface area contributed by atoms with E-state index in [1.165, 1.54) is 6.92 Å². The quantitative estimate of drug-likeness (QED) is 0.705. The first-order valence-corrected chi connectivity index (χ1v) is 5.44. The van der Waals surface area contributed by atoms with Gasteiger partial charge in [-0.3, -0.25) is 4.79 Å². The number of likely N-dealkylation sites (N-methyl/N-ethyl adjacent to an activating group) is 1. The van der Waals surface area contributed by atoms with Crippen molar-refractivity contribution in [3.8, 4) is 0 Å². The van der Waals surface area contributed by atoms with Crippen LogP contribution in [0, 0.1) is 0 Å². The molecule has 0 radical (unpaired) electrons. The average molecular weight is 258 g/mol. The molecule has 1 amide bonds. The van der Waals surface area contributed by atoms with Crippen molar-refractivity contribution < 1.29 is 22.4 Å². The molecule has 0 aromatic heterocycles. The highest BCUT2D eigenvalue weighted by Gasteiger charge is 2.49. The summed E-state index contributed by atoms with van der Waals surface area (Å²) in [4.78, 5) is 12.8. The molecule has 0 heterocycles. The number of hydrogen-bond acceptors (Lipinski definition) is 2. The fourth-order valence-corrected chi connectivity index (χ4v) is 1.33. The standard InChI is InChI=1S/C10H18F4N2O/c1-4-16(5-2)6-7(3)15-9(17)10(13,14)8(11)12/h7-8H,4-6H2,1-3H3,(H,15,17). The van der Waals surface area contributed by atoms with Crippen molar-refractivity contribution in [2.24, 2.45) is 0 Å². The molecule has 0 aliphatic carbocycles. The van der Waals surface area contributed by atoms with Crippen LogP contribution in [0.1, 0.15) is 20.8 Å². The van der Waals surface area contributed by atoms with Crippen molar-refractivity contribution in [2.75, 3.05) is 19.6 Å². The van der Waals surface area contributed by atoms with Crippen molar-refractivity contribution in [3.05, 3.63) is 0 Å². The maximum atomic E-state index is 12.6. The molecule has 1 unspecified atom stereocenters. The minimum Gasteiger partial charge on any atom is -0.347 e. The molecule has 0 spiro atoms. The Morgan fingerprint density at radius 3 is 2.12 bits per heavy atom. The van der Waals surface area contributed by atoms with Gasteiger partial charge < -0.3 is 10.2 Å². The molecule has 0 saturated heterocycles. The summed E-state index contributed by atoms with van der Waals surface area (Å²) in [6.45, 7) is 7.00. The molecule has 0 fully saturated rings. The number of halogens is 4. The highest BCUT2D eigenvalue weighted by molar-refractivity contribution is 5.84. The van der Waals surface area contributed by atoms with Crippen LogP contribution in [0.2, 0.25) is 0 Å². The number of amides is 1. The third kappa shape index (κ3) is 4.89. The number of hydrogen-bond donors (Lipinski definition) is 1. The highest BCUT2D eigenvalue weighted by atomic mass is 19.3. The maximum absolute atomic E-state index is 12.6. The first-order valence-electron chi connectivity index (χ1n) is 5.44. The number of carbonyl (C=O) groups is 1. The molecule has 1 atom stereocenters. The molecule has 102 valence electrons. The van der Waals surface area contributed by atoms with E-state index in [0.717, 1.165) is 0 Å². The smallest absolute Gasteiger partial charge is 0.347 e. The summed E-state index contributed by atoms with van der Waals surface area (Å²) < 4.78 is 49.0. The Balaban J connectivity index is 4.30. The number of nitrogens with zero attached hydrogens (tertiary/aromatic N) is 1. The van der Waals surface area contributed by atoms with Gasteiger partial charge in [0.15, 0.2) is 0 Å². The monoisotopic (exact) mass is 258 g/mol. The molecule has 7 heteroatoms. The van der Waals surface area contributed by atoms with Gasteiger partial charge in [-0.25, -0.2) is 8.78 Å². The molecular weight excluding hydrogens is 240 g/mol. The minimum absolute atomic E-state index is 0.345. The van der Waals surface area contributed by atoms with Gasteiger partial charge in [-0.1, -0.05) is 13.8 Å². The van der Waals surface area contributed by atoms with Crippen molar-refractivity contribution in [1.82, 2.24) is 10.2 Å². The molecule has 0 rings (SSSR count). The second-order valence-electron chi connectivity index (χ2n) is 3.78. The Hall–Kier alpha value is -0.850. The van der Waals surface area contributed by atoms with Crippen molar-refractivity contribution in [2.45, 2.75) is 39.2 Å². The molecule has 0 aromatic rings. The predicted octanol–water partition coefficient (Wildman–Crippen LogP) is 1.73. The van der Waals surface area contributed by atoms with Gasteiger partial charge in [-0.2, -0.15) is 8.78 Å². The van der Waals surface area contributed by atoms with Crippen LogP contribution in [0.4, 0.5) is 17.6 Å². The summed E-state index contributed by atoms with van der Waals surface area (Å²) in [6.07, 6.45) is -3.98. The van der Waals surface area contributed by atoms with Crippen LogP contribution in [-0.4, -0.2) is 48.8 Å². The van der Waals surface area contributed by atoms with Crippen molar-refractivity contribution >= 4 is 5.91 Å². The summed E-state index contributed by atoms with van der Waals surface area (Å²) in [6, 6.07) is -0.605. The molecule has 17 heavy (non-hydrogen) atoms. The van der Waals surface area contributed by atoms with Gasteiger partial charge >= 0.3 is 12.3 Å². The molecule has 0 saturated carbocycles. The number of alkyl halides is 4. The zero-order valence-electron chi connectivity index (χ0n) is 10.1. The third-order valence-corrected chi connectivity index (χ3v) is 2.38. The Morgan fingerprint density at radius 1 is 1.29 bits per heavy atom. The van der Waals surface area contributed by atoms with E-state index in [1.807, 2.05) is 24.1 Å². The lowest BCUT2D eigenvalue weighted by atomic mass is 10.2. The summed E-state index contributed by atoms with van der Waals surface area (Å²) in [5, 5.41) is 1.89. The summed E-state index contributed by atoms with van der Waals surface area (Å²) in [5.41, 5.74) is 0. The number of nitrogens with one attached hydrogen (secondary N) is 1. The summed E-state index contributed by atoms with van der Waals surface area (Å²) >= 11 is 0. The van der Waals surface area contributed by atoms with Crippen LogP contribution < -0.4 is 5.32 Å². The van der Waals surface area contributed by atoms with E-state index in [1.54, 1.807) is 0 Å². The van der Waals surface area contributed by atoms with E-state index in [9.17, 15) is 22.4 Å². The topological polar surface area (TPSA) is 32.3 Å². The van der Waals surface area contributed by atoms with Gasteiger partial charge in [-0.15, -0.1) is 0 Å². The Kier molecular flexibility index (Phi) is 6.44. The third-order valence-electron chi connectivity index (χ3n) is 2.38. The fourth-order valence-electron chi connectivity index (χ4n) is 1.33. The lowest BCUT2D eigenvalue weighted by molar-refractivity contribution is -0.170. The van der Waals surface area contributed by atoms with Crippen LogP contribution in [0.25, 0.3) is 0 Å². The molecule has 0 aliphatic rings. The minimum atomic E-state index is -4.63. The van der Waals surface area contributed by atoms with Crippen molar-refractivity contribution in [3.63, 3.8) is 0 Å². The second kappa shape index (κ2) is 6.78. The van der Waals surface area contributed by atoms with Crippen LogP contribution in [0.5, 0.6) is 0 Å². The van der Waals surface area contributed by atoms with Gasteiger partial charge in [0.1, 0.15) is 0 Å².